The molecule has 1 fully saturated rings. The van der Waals surface area contributed by atoms with Crippen molar-refractivity contribution in [1.29, 1.82) is 0 Å². The van der Waals surface area contributed by atoms with Crippen LogP contribution >= 0.6 is 12.2 Å². The highest BCUT2D eigenvalue weighted by molar-refractivity contribution is 7.80. The lowest BCUT2D eigenvalue weighted by Gasteiger charge is -2.20. The van der Waals surface area contributed by atoms with Gasteiger partial charge in [0.2, 0.25) is 0 Å². The maximum atomic E-state index is 5.06. The van der Waals surface area contributed by atoms with Crippen LogP contribution in [-0.4, -0.2) is 36.8 Å². The van der Waals surface area contributed by atoms with Crippen molar-refractivity contribution in [1.82, 2.24) is 5.32 Å². The Balaban J connectivity index is 2.68. The Morgan fingerprint density at radius 1 is 1.62 bits per heavy atom. The first-order valence-corrected chi connectivity index (χ1v) is 3.11. The lowest BCUT2D eigenvalue weighted by atomic mass is 10.6. The van der Waals surface area contributed by atoms with Crippen molar-refractivity contribution in [3.05, 3.63) is 0 Å². The largest absolute Gasteiger partial charge is 0.277 e. The molecule has 0 unspecified atom stereocenters. The minimum absolute atomic E-state index is 0.856. The van der Waals surface area contributed by atoms with Gasteiger partial charge in [-0.05, 0) is 12.2 Å². The van der Waals surface area contributed by atoms with Gasteiger partial charge in [0.25, 0.3) is 0 Å². The van der Waals surface area contributed by atoms with Gasteiger partial charge in [0.05, 0.1) is 20.6 Å². The lowest BCUT2D eigenvalue weighted by Crippen LogP contribution is -2.40. The number of nitrogens with zero attached hydrogens (tertiary/aromatic N) is 1. The monoisotopic (exact) mass is 131 g/mol. The highest BCUT2D eigenvalue weighted by Gasteiger charge is 2.27. The van der Waals surface area contributed by atoms with Gasteiger partial charge in [-0.2, -0.15) is 0 Å². The first-order chi connectivity index (χ1) is 3.63. The van der Waals surface area contributed by atoms with Crippen molar-refractivity contribution in [2.24, 2.45) is 0 Å². The molecule has 46 valence electrons. The van der Waals surface area contributed by atoms with E-state index in [1.807, 2.05) is 0 Å². The van der Waals surface area contributed by atoms with Crippen LogP contribution in [0.5, 0.6) is 0 Å². The van der Waals surface area contributed by atoms with E-state index in [0.29, 0.717) is 0 Å². The van der Waals surface area contributed by atoms with Crippen molar-refractivity contribution >= 4 is 17.2 Å². The molecule has 0 bridgehead atoms. The SMILES string of the molecule is C[N+]1(C)CNCC1=S. The summed E-state index contributed by atoms with van der Waals surface area (Å²) in [5.41, 5.74) is 0. The average molecular weight is 131 g/mol. The minimum atomic E-state index is 0.856. The molecule has 1 N–H and O–H groups in total. The molecule has 0 amide bonds. The summed E-state index contributed by atoms with van der Waals surface area (Å²) in [5, 5.41) is 3.19. The third kappa shape index (κ3) is 0.891. The predicted octanol–water partition coefficient (Wildman–Crippen LogP) is -0.0491. The van der Waals surface area contributed by atoms with E-state index in [4.69, 9.17) is 12.2 Å². The van der Waals surface area contributed by atoms with Gasteiger partial charge in [-0.1, -0.05) is 0 Å². The molecule has 1 saturated heterocycles. The molecular formula is C5H11N2S+. The number of hydrogen-bond donors (Lipinski definition) is 1. The van der Waals surface area contributed by atoms with Gasteiger partial charge in [0, 0.05) is 0 Å². The van der Waals surface area contributed by atoms with Crippen LogP contribution in [-0.2, 0) is 0 Å². The number of thiocarbonyl (C=S) groups is 1. The zero-order valence-corrected chi connectivity index (χ0v) is 6.09. The Kier molecular flexibility index (Phi) is 1.35. The van der Waals surface area contributed by atoms with Crippen molar-refractivity contribution in [3.63, 3.8) is 0 Å². The Morgan fingerprint density at radius 2 is 2.25 bits per heavy atom. The van der Waals surface area contributed by atoms with Crippen LogP contribution < -0.4 is 5.32 Å². The van der Waals surface area contributed by atoms with Crippen LogP contribution in [0.25, 0.3) is 0 Å². The molecular weight excluding hydrogens is 120 g/mol. The quantitative estimate of drug-likeness (QED) is 0.365. The fourth-order valence-electron chi connectivity index (χ4n) is 0.745. The molecule has 0 aliphatic carbocycles. The summed E-state index contributed by atoms with van der Waals surface area (Å²) in [7, 11) is 4.23. The summed E-state index contributed by atoms with van der Waals surface area (Å²) in [6.07, 6.45) is 0. The number of rotatable bonds is 0. The number of nitrogens with one attached hydrogen (secondary N) is 1. The van der Waals surface area contributed by atoms with Crippen LogP contribution in [0.2, 0.25) is 0 Å². The summed E-state index contributed by atoms with van der Waals surface area (Å²) in [6, 6.07) is 0. The predicted molar refractivity (Wildman–Crippen MR) is 37.6 cm³/mol. The molecule has 1 aliphatic heterocycles. The van der Waals surface area contributed by atoms with Gasteiger partial charge in [-0.3, -0.25) is 9.80 Å². The van der Waals surface area contributed by atoms with Crippen molar-refractivity contribution < 1.29 is 4.48 Å². The minimum Gasteiger partial charge on any atom is -0.277 e. The molecule has 0 aromatic rings. The van der Waals surface area contributed by atoms with Gasteiger partial charge in [0.15, 0.2) is 4.99 Å². The number of hydrogen-bond acceptors (Lipinski definition) is 2. The van der Waals surface area contributed by atoms with Crippen LogP contribution in [0.15, 0.2) is 0 Å². The Labute approximate surface area is 55.1 Å². The molecule has 0 atom stereocenters. The first kappa shape index (κ1) is 6.13. The van der Waals surface area contributed by atoms with E-state index < -0.39 is 0 Å². The zero-order chi connectivity index (χ0) is 6.20. The maximum Gasteiger partial charge on any atom is 0.189 e. The summed E-state index contributed by atoms with van der Waals surface area (Å²) < 4.78 is 0.856. The van der Waals surface area contributed by atoms with Crippen LogP contribution in [0.4, 0.5) is 0 Å². The van der Waals surface area contributed by atoms with Gasteiger partial charge < -0.3 is 0 Å². The van der Waals surface area contributed by atoms with Crippen LogP contribution in [0.3, 0.4) is 0 Å². The molecule has 1 rings (SSSR count). The summed E-state index contributed by atoms with van der Waals surface area (Å²) in [4.78, 5) is 1.10. The van der Waals surface area contributed by atoms with Gasteiger partial charge in [-0.15, -0.1) is 0 Å². The number of likely N-dealkylation sites (N-methyl/N-ethyl adjacent to an activating group) is 1. The Bertz CT molecular complexity index is 120. The molecule has 0 spiro atoms. The Morgan fingerprint density at radius 3 is 2.38 bits per heavy atom. The second kappa shape index (κ2) is 1.76. The Hall–Kier alpha value is 0.01000. The molecule has 3 heteroatoms. The van der Waals surface area contributed by atoms with E-state index in [9.17, 15) is 0 Å². The molecule has 0 aromatic carbocycles. The maximum absolute atomic E-state index is 5.06. The third-order valence-corrected chi connectivity index (χ3v) is 2.10. The van der Waals surface area contributed by atoms with Gasteiger partial charge in [-0.25, -0.2) is 0 Å². The zero-order valence-electron chi connectivity index (χ0n) is 5.27. The van der Waals surface area contributed by atoms with Gasteiger partial charge >= 0.3 is 0 Å². The molecule has 1 heterocycles. The molecule has 8 heavy (non-hydrogen) atoms. The molecule has 2 nitrogen and oxygen atoms in total. The average Bonchev–Trinajstić information content (AvgIpc) is 1.86. The van der Waals surface area contributed by atoms with E-state index in [2.05, 4.69) is 19.4 Å². The third-order valence-electron chi connectivity index (χ3n) is 1.46. The highest BCUT2D eigenvalue weighted by Crippen LogP contribution is 2.02. The summed E-state index contributed by atoms with van der Waals surface area (Å²) in [5.74, 6) is 0. The van der Waals surface area contributed by atoms with E-state index in [-0.39, 0.29) is 0 Å². The molecule has 0 saturated carbocycles. The van der Waals surface area contributed by atoms with E-state index >= 15 is 0 Å². The fraction of sp³-hybridized carbons (Fsp3) is 0.800. The van der Waals surface area contributed by atoms with Gasteiger partial charge in [0.1, 0.15) is 6.67 Å². The van der Waals surface area contributed by atoms with Crippen LogP contribution in [0.1, 0.15) is 0 Å². The first-order valence-electron chi connectivity index (χ1n) is 2.70. The molecule has 1 aliphatic rings. The number of quaternary nitrogens is 1. The second-order valence-electron chi connectivity index (χ2n) is 2.66. The van der Waals surface area contributed by atoms with E-state index in [1.54, 1.807) is 0 Å². The molecule has 0 aromatic heterocycles. The second-order valence-corrected chi connectivity index (χ2v) is 3.13. The van der Waals surface area contributed by atoms with E-state index in [1.165, 1.54) is 0 Å². The molecule has 0 radical (unpaired) electrons. The van der Waals surface area contributed by atoms with Crippen molar-refractivity contribution in [2.75, 3.05) is 27.3 Å². The van der Waals surface area contributed by atoms with Crippen molar-refractivity contribution in [3.8, 4) is 0 Å². The summed E-state index contributed by atoms with van der Waals surface area (Å²) in [6.45, 7) is 1.89. The van der Waals surface area contributed by atoms with Crippen LogP contribution in [0, 0.1) is 0 Å². The van der Waals surface area contributed by atoms with E-state index in [0.717, 1.165) is 22.7 Å². The smallest absolute Gasteiger partial charge is 0.189 e. The summed E-state index contributed by atoms with van der Waals surface area (Å²) >= 11 is 5.06. The normalized spacial score (nSPS) is 26.5. The topological polar surface area (TPSA) is 12.0 Å². The van der Waals surface area contributed by atoms with Crippen molar-refractivity contribution in [2.45, 2.75) is 0 Å². The highest BCUT2D eigenvalue weighted by atomic mass is 32.1. The lowest BCUT2D eigenvalue weighted by molar-refractivity contribution is -0.791. The fourth-order valence-corrected chi connectivity index (χ4v) is 0.911. The standard InChI is InChI=1S/C5H11N2S/c1-7(2)4-6-3-5(7)8/h6H,3-4H2,1-2H3/q+1.